The number of nitrogens with zero attached hydrogens (tertiary/aromatic N) is 4. The summed E-state index contributed by atoms with van der Waals surface area (Å²) in [4.78, 5) is 14.9. The minimum atomic E-state index is 0.629. The van der Waals surface area contributed by atoms with Gasteiger partial charge in [-0.15, -0.1) is 0 Å². The Morgan fingerprint density at radius 1 is 0.409 bits per heavy atom. The monoisotopic (exact) mass is 564 g/mol. The van der Waals surface area contributed by atoms with Crippen molar-refractivity contribution in [2.45, 2.75) is 0 Å². The molecule has 9 aromatic rings. The lowest BCUT2D eigenvalue weighted by Crippen LogP contribution is -2.00. The van der Waals surface area contributed by atoms with E-state index < -0.39 is 0 Å². The first kappa shape index (κ1) is 24.5. The van der Waals surface area contributed by atoms with Crippen molar-refractivity contribution < 1.29 is 4.42 Å². The van der Waals surface area contributed by atoms with Crippen molar-refractivity contribution in [2.24, 2.45) is 0 Å². The molecular weight excluding hydrogens is 540 g/mol. The van der Waals surface area contributed by atoms with Crippen LogP contribution >= 0.6 is 0 Å². The molecule has 0 N–H and O–H groups in total. The summed E-state index contributed by atoms with van der Waals surface area (Å²) >= 11 is 0. The van der Waals surface area contributed by atoms with Crippen LogP contribution < -0.4 is 0 Å². The lowest BCUT2D eigenvalue weighted by atomic mass is 10.0. The number of benzene rings is 6. The van der Waals surface area contributed by atoms with Gasteiger partial charge in [-0.2, -0.15) is 0 Å². The lowest BCUT2D eigenvalue weighted by Gasteiger charge is -2.09. The van der Waals surface area contributed by atoms with Crippen LogP contribution in [0.3, 0.4) is 0 Å². The van der Waals surface area contributed by atoms with Crippen molar-refractivity contribution >= 4 is 43.7 Å². The second-order valence-electron chi connectivity index (χ2n) is 10.9. The van der Waals surface area contributed by atoms with Crippen LogP contribution in [0.4, 0.5) is 0 Å². The molecule has 0 fully saturated rings. The predicted molar refractivity (Wildman–Crippen MR) is 178 cm³/mol. The van der Waals surface area contributed by atoms with Gasteiger partial charge in [-0.1, -0.05) is 97.1 Å². The first-order valence-corrected chi connectivity index (χ1v) is 14.6. The van der Waals surface area contributed by atoms with Crippen molar-refractivity contribution in [1.82, 2.24) is 19.5 Å². The highest BCUT2D eigenvalue weighted by atomic mass is 16.3. The smallest absolute Gasteiger partial charge is 0.164 e. The number of hydrogen-bond acceptors (Lipinski definition) is 4. The zero-order valence-corrected chi connectivity index (χ0v) is 23.6. The highest BCUT2D eigenvalue weighted by Crippen LogP contribution is 2.42. The molecule has 0 saturated heterocycles. The number of aromatic nitrogens is 4. The van der Waals surface area contributed by atoms with Crippen molar-refractivity contribution in [2.75, 3.05) is 0 Å². The van der Waals surface area contributed by atoms with Gasteiger partial charge in [0, 0.05) is 43.9 Å². The number of hydrogen-bond donors (Lipinski definition) is 0. The Kier molecular flexibility index (Phi) is 5.43. The van der Waals surface area contributed by atoms with E-state index in [1.807, 2.05) is 78.9 Å². The van der Waals surface area contributed by atoms with Crippen molar-refractivity contribution in [1.29, 1.82) is 0 Å². The highest BCUT2D eigenvalue weighted by Gasteiger charge is 2.20. The SMILES string of the molecule is c1ccc(-c2nc(-c3ccccc3)nc(-c3ccc4c(c3)c3c5c(ccc3n4-c3ccccc3)oc3ccccc35)n2)cc1. The molecule has 3 heterocycles. The fourth-order valence-electron chi connectivity index (χ4n) is 6.26. The van der Waals surface area contributed by atoms with Crippen LogP contribution in [0.1, 0.15) is 0 Å². The first-order chi connectivity index (χ1) is 21.8. The third-order valence-corrected chi connectivity index (χ3v) is 8.24. The van der Waals surface area contributed by atoms with Gasteiger partial charge >= 0.3 is 0 Å². The van der Waals surface area contributed by atoms with E-state index in [1.165, 1.54) is 0 Å². The first-order valence-electron chi connectivity index (χ1n) is 14.6. The Morgan fingerprint density at radius 2 is 0.977 bits per heavy atom. The standard InChI is InChI=1S/C39H24N4O/c1-4-12-25(13-5-1)37-40-38(26-14-6-2-7-15-26)42-39(41-37)27-20-21-31-30(24-27)35-32(43(31)28-16-8-3-9-17-28)22-23-34-36(35)29-18-10-11-19-33(29)44-34/h1-24H. The molecule has 5 heteroatoms. The van der Waals surface area contributed by atoms with Crippen LogP contribution in [0, 0.1) is 0 Å². The summed E-state index contributed by atoms with van der Waals surface area (Å²) in [5.74, 6) is 1.92. The maximum absolute atomic E-state index is 6.33. The average molecular weight is 565 g/mol. The quantitative estimate of drug-likeness (QED) is 0.213. The molecule has 6 aromatic carbocycles. The van der Waals surface area contributed by atoms with E-state index in [1.54, 1.807) is 0 Å². The zero-order chi connectivity index (χ0) is 29.0. The Bertz CT molecular complexity index is 2420. The normalized spacial score (nSPS) is 11.6. The molecule has 0 spiro atoms. The Hall–Kier alpha value is -6.07. The van der Waals surface area contributed by atoms with Gasteiger partial charge in [0.2, 0.25) is 0 Å². The maximum atomic E-state index is 6.33. The van der Waals surface area contributed by atoms with Gasteiger partial charge in [-0.3, -0.25) is 0 Å². The summed E-state index contributed by atoms with van der Waals surface area (Å²) in [6, 6.07) is 49.7. The van der Waals surface area contributed by atoms with E-state index in [0.29, 0.717) is 17.5 Å². The third-order valence-electron chi connectivity index (χ3n) is 8.24. The molecule has 0 aliphatic heterocycles. The molecule has 0 unspecified atom stereocenters. The van der Waals surface area contributed by atoms with Crippen molar-refractivity contribution in [3.8, 4) is 39.9 Å². The van der Waals surface area contributed by atoms with Gasteiger partial charge in [0.1, 0.15) is 11.2 Å². The van der Waals surface area contributed by atoms with E-state index in [2.05, 4.69) is 71.3 Å². The number of para-hydroxylation sites is 2. The maximum Gasteiger partial charge on any atom is 0.164 e. The molecule has 5 nitrogen and oxygen atoms in total. The second-order valence-corrected chi connectivity index (χ2v) is 10.9. The van der Waals surface area contributed by atoms with Crippen LogP contribution in [0.25, 0.3) is 83.6 Å². The molecular formula is C39H24N4O. The van der Waals surface area contributed by atoms with Crippen LogP contribution in [0.15, 0.2) is 150 Å². The average Bonchev–Trinajstić information content (AvgIpc) is 3.64. The van der Waals surface area contributed by atoms with Crippen molar-refractivity contribution in [3.05, 3.63) is 146 Å². The molecule has 44 heavy (non-hydrogen) atoms. The highest BCUT2D eigenvalue weighted by molar-refractivity contribution is 6.27. The Balaban J connectivity index is 1.36. The second kappa shape index (κ2) is 9.75. The zero-order valence-electron chi connectivity index (χ0n) is 23.6. The largest absolute Gasteiger partial charge is 0.456 e. The van der Waals surface area contributed by atoms with Crippen molar-refractivity contribution in [3.63, 3.8) is 0 Å². The Labute approximate surface area is 252 Å². The molecule has 3 aromatic heterocycles. The molecule has 0 aliphatic rings. The molecule has 0 aliphatic carbocycles. The van der Waals surface area contributed by atoms with Gasteiger partial charge < -0.3 is 8.98 Å². The number of fused-ring (bicyclic) bond motifs is 7. The summed E-state index contributed by atoms with van der Waals surface area (Å²) in [5, 5.41) is 4.47. The summed E-state index contributed by atoms with van der Waals surface area (Å²) in [6.07, 6.45) is 0. The summed E-state index contributed by atoms with van der Waals surface area (Å²) in [6.45, 7) is 0. The van der Waals surface area contributed by atoms with Crippen LogP contribution in [-0.2, 0) is 0 Å². The van der Waals surface area contributed by atoms with Gasteiger partial charge in [-0.25, -0.2) is 15.0 Å². The fourth-order valence-corrected chi connectivity index (χ4v) is 6.26. The summed E-state index contributed by atoms with van der Waals surface area (Å²) in [7, 11) is 0. The van der Waals surface area contributed by atoms with E-state index in [9.17, 15) is 0 Å². The minimum Gasteiger partial charge on any atom is -0.456 e. The van der Waals surface area contributed by atoms with Gasteiger partial charge in [0.05, 0.1) is 11.0 Å². The molecule has 0 bridgehead atoms. The molecule has 0 atom stereocenters. The van der Waals surface area contributed by atoms with Gasteiger partial charge in [0.25, 0.3) is 0 Å². The minimum absolute atomic E-state index is 0.629. The van der Waals surface area contributed by atoms with Crippen LogP contribution in [-0.4, -0.2) is 19.5 Å². The van der Waals surface area contributed by atoms with E-state index in [0.717, 1.165) is 66.1 Å². The van der Waals surface area contributed by atoms with E-state index >= 15 is 0 Å². The van der Waals surface area contributed by atoms with Gasteiger partial charge in [-0.05, 0) is 48.5 Å². The van der Waals surface area contributed by atoms with Gasteiger partial charge in [0.15, 0.2) is 17.5 Å². The van der Waals surface area contributed by atoms with E-state index in [-0.39, 0.29) is 0 Å². The molecule has 0 saturated carbocycles. The summed E-state index contributed by atoms with van der Waals surface area (Å²) < 4.78 is 8.65. The van der Waals surface area contributed by atoms with Crippen LogP contribution in [0.2, 0.25) is 0 Å². The topological polar surface area (TPSA) is 56.7 Å². The van der Waals surface area contributed by atoms with E-state index in [4.69, 9.17) is 19.4 Å². The van der Waals surface area contributed by atoms with Crippen LogP contribution in [0.5, 0.6) is 0 Å². The predicted octanol–water partition coefficient (Wildman–Crippen LogP) is 9.87. The molecule has 0 amide bonds. The fraction of sp³-hybridized carbons (Fsp3) is 0. The number of rotatable bonds is 4. The lowest BCUT2D eigenvalue weighted by molar-refractivity contribution is 0.669. The third kappa shape index (κ3) is 3.83. The number of furan rings is 1. The molecule has 9 rings (SSSR count). The molecule has 0 radical (unpaired) electrons. The molecule has 206 valence electrons. The summed E-state index contributed by atoms with van der Waals surface area (Å²) in [5.41, 5.74) is 7.89. The Morgan fingerprint density at radius 3 is 1.66 bits per heavy atom.